The number of nitrogens with one attached hydrogen (secondary N) is 1. The zero-order chi connectivity index (χ0) is 13.8. The van der Waals surface area contributed by atoms with Crippen LogP contribution in [0.4, 0.5) is 18.9 Å². The van der Waals surface area contributed by atoms with E-state index in [1.165, 1.54) is 6.07 Å². The summed E-state index contributed by atoms with van der Waals surface area (Å²) >= 11 is 3.06. The Morgan fingerprint density at radius 1 is 1.39 bits per heavy atom. The molecule has 0 saturated carbocycles. The molecule has 0 radical (unpaired) electrons. The molecule has 0 unspecified atom stereocenters. The number of hydrogen-bond acceptors (Lipinski definition) is 2. The smallest absolute Gasteiger partial charge is 0.396 e. The summed E-state index contributed by atoms with van der Waals surface area (Å²) in [6.45, 7) is -0.142. The molecule has 0 aliphatic heterocycles. The highest BCUT2D eigenvalue weighted by Crippen LogP contribution is 2.33. The van der Waals surface area contributed by atoms with E-state index in [0.29, 0.717) is 4.47 Å². The molecule has 18 heavy (non-hydrogen) atoms. The van der Waals surface area contributed by atoms with E-state index in [0.717, 1.165) is 12.1 Å². The number of halogens is 4. The predicted octanol–water partition coefficient (Wildman–Crippen LogP) is 3.18. The first-order chi connectivity index (χ1) is 8.34. The molecular weight excluding hydrogens is 315 g/mol. The molecule has 0 saturated heterocycles. The monoisotopic (exact) mass is 325 g/mol. The number of rotatable bonds is 4. The van der Waals surface area contributed by atoms with Gasteiger partial charge in [-0.05, 0) is 40.5 Å². The molecule has 7 heteroatoms. The van der Waals surface area contributed by atoms with Crippen LogP contribution in [0.25, 0.3) is 0 Å². The largest absolute Gasteiger partial charge is 0.416 e. The predicted molar refractivity (Wildman–Crippen MR) is 64.1 cm³/mol. The number of carbonyl (C=O) groups excluding carboxylic acids is 1. The minimum absolute atomic E-state index is 0.0547. The quantitative estimate of drug-likeness (QED) is 0.893. The Morgan fingerprint density at radius 3 is 2.61 bits per heavy atom. The molecule has 0 fully saturated rings. The lowest BCUT2D eigenvalue weighted by Crippen LogP contribution is -2.13. The van der Waals surface area contributed by atoms with Crippen molar-refractivity contribution in [1.82, 2.24) is 0 Å². The van der Waals surface area contributed by atoms with Crippen LogP contribution in [0.5, 0.6) is 0 Å². The van der Waals surface area contributed by atoms with Gasteiger partial charge < -0.3 is 10.4 Å². The molecule has 0 heterocycles. The van der Waals surface area contributed by atoms with Crippen LogP contribution < -0.4 is 5.32 Å². The van der Waals surface area contributed by atoms with E-state index in [-0.39, 0.29) is 25.1 Å². The Kier molecular flexibility index (Phi) is 5.15. The zero-order valence-electron chi connectivity index (χ0n) is 9.22. The van der Waals surface area contributed by atoms with Crippen LogP contribution in [0.3, 0.4) is 0 Å². The van der Waals surface area contributed by atoms with Gasteiger partial charge >= 0.3 is 6.18 Å². The summed E-state index contributed by atoms with van der Waals surface area (Å²) in [5.74, 6) is -0.441. The molecule has 1 rings (SSSR count). The van der Waals surface area contributed by atoms with Gasteiger partial charge in [0.2, 0.25) is 5.91 Å². The minimum Gasteiger partial charge on any atom is -0.396 e. The van der Waals surface area contributed by atoms with Crippen LogP contribution in [-0.4, -0.2) is 17.6 Å². The molecule has 2 N–H and O–H groups in total. The van der Waals surface area contributed by atoms with E-state index in [9.17, 15) is 18.0 Å². The van der Waals surface area contributed by atoms with E-state index in [2.05, 4.69) is 21.2 Å². The van der Waals surface area contributed by atoms with Crippen molar-refractivity contribution in [1.29, 1.82) is 0 Å². The second kappa shape index (κ2) is 6.19. The van der Waals surface area contributed by atoms with Gasteiger partial charge in [-0.3, -0.25) is 4.79 Å². The molecule has 1 aromatic rings. The van der Waals surface area contributed by atoms with E-state index in [1.54, 1.807) is 0 Å². The zero-order valence-corrected chi connectivity index (χ0v) is 10.8. The third-order valence-corrected chi connectivity index (χ3v) is 2.82. The number of alkyl halides is 3. The Bertz CT molecular complexity index is 435. The fraction of sp³-hybridized carbons (Fsp3) is 0.364. The minimum atomic E-state index is -4.45. The average Bonchev–Trinajstić information content (AvgIpc) is 2.28. The maximum absolute atomic E-state index is 12.5. The fourth-order valence-electron chi connectivity index (χ4n) is 1.25. The summed E-state index contributed by atoms with van der Waals surface area (Å²) in [5.41, 5.74) is -0.768. The van der Waals surface area contributed by atoms with Gasteiger partial charge in [-0.25, -0.2) is 0 Å². The van der Waals surface area contributed by atoms with Crippen LogP contribution in [0.1, 0.15) is 18.4 Å². The highest BCUT2D eigenvalue weighted by molar-refractivity contribution is 9.10. The first kappa shape index (κ1) is 15.0. The summed E-state index contributed by atoms with van der Waals surface area (Å²) in [6.07, 6.45) is -4.13. The van der Waals surface area contributed by atoms with Gasteiger partial charge in [0.15, 0.2) is 0 Å². The SMILES string of the molecule is O=C(CCCO)Nc1cc(C(F)(F)F)ccc1Br. The van der Waals surface area contributed by atoms with E-state index >= 15 is 0 Å². The molecule has 1 aromatic carbocycles. The molecular formula is C11H11BrF3NO2. The number of aliphatic hydroxyl groups excluding tert-OH is 1. The summed E-state index contributed by atoms with van der Waals surface area (Å²) in [4.78, 5) is 11.4. The highest BCUT2D eigenvalue weighted by Gasteiger charge is 2.31. The van der Waals surface area contributed by atoms with Gasteiger partial charge in [-0.1, -0.05) is 0 Å². The van der Waals surface area contributed by atoms with Crippen molar-refractivity contribution in [3.8, 4) is 0 Å². The van der Waals surface area contributed by atoms with Gasteiger partial charge in [-0.2, -0.15) is 13.2 Å². The summed E-state index contributed by atoms with van der Waals surface area (Å²) in [6, 6.07) is 3.01. The summed E-state index contributed by atoms with van der Waals surface area (Å²) in [5, 5.41) is 10.9. The number of amides is 1. The number of aliphatic hydroxyl groups is 1. The average molecular weight is 326 g/mol. The number of hydrogen-bond donors (Lipinski definition) is 2. The van der Waals surface area contributed by atoms with Crippen LogP contribution in [0.2, 0.25) is 0 Å². The molecule has 0 atom stereocenters. The van der Waals surface area contributed by atoms with Crippen molar-refractivity contribution < 1.29 is 23.1 Å². The molecule has 100 valence electrons. The van der Waals surface area contributed by atoms with Gasteiger partial charge in [0.05, 0.1) is 11.3 Å². The summed E-state index contributed by atoms with van der Waals surface area (Å²) in [7, 11) is 0. The topological polar surface area (TPSA) is 49.3 Å². The van der Waals surface area contributed by atoms with Crippen molar-refractivity contribution in [3.63, 3.8) is 0 Å². The molecule has 0 aromatic heterocycles. The third kappa shape index (κ3) is 4.30. The first-order valence-corrected chi connectivity index (χ1v) is 5.91. The lowest BCUT2D eigenvalue weighted by atomic mass is 10.2. The first-order valence-electron chi connectivity index (χ1n) is 5.12. The second-order valence-electron chi connectivity index (χ2n) is 3.57. The fourth-order valence-corrected chi connectivity index (χ4v) is 1.60. The molecule has 0 bridgehead atoms. The van der Waals surface area contributed by atoms with Crippen LogP contribution in [0, 0.1) is 0 Å². The van der Waals surface area contributed by atoms with Crippen LogP contribution in [0.15, 0.2) is 22.7 Å². The van der Waals surface area contributed by atoms with E-state index < -0.39 is 17.6 Å². The van der Waals surface area contributed by atoms with Crippen molar-refractivity contribution >= 4 is 27.5 Å². The molecule has 1 amide bonds. The van der Waals surface area contributed by atoms with Gasteiger partial charge in [-0.15, -0.1) is 0 Å². The molecule has 0 aliphatic carbocycles. The summed E-state index contributed by atoms with van der Waals surface area (Å²) < 4.78 is 37.8. The molecule has 0 aliphatic rings. The maximum atomic E-state index is 12.5. The Hall–Kier alpha value is -1.08. The number of anilines is 1. The lowest BCUT2D eigenvalue weighted by molar-refractivity contribution is -0.137. The van der Waals surface area contributed by atoms with Crippen LogP contribution in [-0.2, 0) is 11.0 Å². The van der Waals surface area contributed by atoms with Crippen molar-refractivity contribution in [2.24, 2.45) is 0 Å². The van der Waals surface area contributed by atoms with E-state index in [1.807, 2.05) is 0 Å². The number of benzene rings is 1. The van der Waals surface area contributed by atoms with Gasteiger partial charge in [0.25, 0.3) is 0 Å². The van der Waals surface area contributed by atoms with Crippen LogP contribution >= 0.6 is 15.9 Å². The second-order valence-corrected chi connectivity index (χ2v) is 4.42. The standard InChI is InChI=1S/C11H11BrF3NO2/c12-8-4-3-7(11(13,14)15)6-9(8)16-10(18)2-1-5-17/h3-4,6,17H,1-2,5H2,(H,16,18). The van der Waals surface area contributed by atoms with Crippen molar-refractivity contribution in [2.75, 3.05) is 11.9 Å². The lowest BCUT2D eigenvalue weighted by Gasteiger charge is -2.11. The van der Waals surface area contributed by atoms with Gasteiger partial charge in [0, 0.05) is 17.5 Å². The highest BCUT2D eigenvalue weighted by atomic mass is 79.9. The number of carbonyl (C=O) groups is 1. The Labute approximate surface area is 110 Å². The molecule has 3 nitrogen and oxygen atoms in total. The normalized spacial score (nSPS) is 11.4. The van der Waals surface area contributed by atoms with E-state index in [4.69, 9.17) is 5.11 Å². The Morgan fingerprint density at radius 2 is 2.06 bits per heavy atom. The Balaban J connectivity index is 2.85. The van der Waals surface area contributed by atoms with Gasteiger partial charge in [0.1, 0.15) is 0 Å². The van der Waals surface area contributed by atoms with Crippen molar-refractivity contribution in [2.45, 2.75) is 19.0 Å². The molecule has 0 spiro atoms. The van der Waals surface area contributed by atoms with Crippen molar-refractivity contribution in [3.05, 3.63) is 28.2 Å². The third-order valence-electron chi connectivity index (χ3n) is 2.13. The maximum Gasteiger partial charge on any atom is 0.416 e.